The summed E-state index contributed by atoms with van der Waals surface area (Å²) in [4.78, 5) is 10.5. The molecule has 82 valence electrons. The number of aromatic hydroxyl groups is 2. The molecule has 0 fully saturated rings. The number of aliphatic carboxylic acids is 1. The Balaban J connectivity index is 2.92. The third-order valence-electron chi connectivity index (χ3n) is 1.88. The summed E-state index contributed by atoms with van der Waals surface area (Å²) in [7, 11) is 0. The van der Waals surface area contributed by atoms with Gasteiger partial charge >= 0.3 is 5.97 Å². The minimum absolute atomic E-state index is 0.0306. The molecule has 0 aliphatic heterocycles. The number of benzene rings is 1. The molecular formula is C9H10ClNO4. The topological polar surface area (TPSA) is 104 Å². The first-order valence-corrected chi connectivity index (χ1v) is 4.48. The Labute approximate surface area is 90.7 Å². The zero-order valence-corrected chi connectivity index (χ0v) is 8.40. The molecule has 0 aromatic heterocycles. The summed E-state index contributed by atoms with van der Waals surface area (Å²) in [6, 6.07) is 1.52. The van der Waals surface area contributed by atoms with Crippen LogP contribution in [0.15, 0.2) is 12.1 Å². The SMILES string of the molecule is NC(Cc1cc(O)c(O)c(Cl)c1)C(=O)O. The largest absolute Gasteiger partial charge is 0.504 e. The normalized spacial score (nSPS) is 12.4. The molecule has 5 N–H and O–H groups in total. The van der Waals surface area contributed by atoms with Crippen molar-refractivity contribution in [3.8, 4) is 11.5 Å². The van der Waals surface area contributed by atoms with Crippen molar-refractivity contribution >= 4 is 17.6 Å². The van der Waals surface area contributed by atoms with Crippen molar-refractivity contribution in [1.29, 1.82) is 0 Å². The maximum absolute atomic E-state index is 10.5. The first-order valence-electron chi connectivity index (χ1n) is 4.10. The van der Waals surface area contributed by atoms with Gasteiger partial charge in [0.1, 0.15) is 6.04 Å². The lowest BCUT2D eigenvalue weighted by atomic mass is 10.1. The zero-order valence-electron chi connectivity index (χ0n) is 7.64. The van der Waals surface area contributed by atoms with Crippen LogP contribution < -0.4 is 5.73 Å². The summed E-state index contributed by atoms with van der Waals surface area (Å²) in [5.41, 5.74) is 5.75. The number of nitrogens with two attached hydrogens (primary N) is 1. The molecule has 0 bridgehead atoms. The van der Waals surface area contributed by atoms with Crippen molar-refractivity contribution in [3.63, 3.8) is 0 Å². The average molecular weight is 232 g/mol. The molecule has 0 spiro atoms. The van der Waals surface area contributed by atoms with E-state index in [9.17, 15) is 9.90 Å². The van der Waals surface area contributed by atoms with Gasteiger partial charge in [0.05, 0.1) is 5.02 Å². The average Bonchev–Trinajstić information content (AvgIpc) is 2.13. The van der Waals surface area contributed by atoms with Gasteiger partial charge in [-0.2, -0.15) is 0 Å². The van der Waals surface area contributed by atoms with Crippen molar-refractivity contribution < 1.29 is 20.1 Å². The summed E-state index contributed by atoms with van der Waals surface area (Å²) in [6.07, 6.45) is 0.0306. The van der Waals surface area contributed by atoms with Crippen LogP contribution in [0.2, 0.25) is 5.02 Å². The molecule has 1 unspecified atom stereocenters. The molecule has 0 radical (unpaired) electrons. The molecule has 0 aliphatic rings. The summed E-state index contributed by atoms with van der Waals surface area (Å²) in [5.74, 6) is -1.96. The van der Waals surface area contributed by atoms with E-state index >= 15 is 0 Å². The maximum atomic E-state index is 10.5. The smallest absolute Gasteiger partial charge is 0.320 e. The number of hydrogen-bond acceptors (Lipinski definition) is 4. The van der Waals surface area contributed by atoms with Gasteiger partial charge in [0, 0.05) is 0 Å². The molecule has 0 saturated heterocycles. The summed E-state index contributed by atoms with van der Waals surface area (Å²) in [5, 5.41) is 26.9. The van der Waals surface area contributed by atoms with Crippen LogP contribution in [-0.4, -0.2) is 27.3 Å². The van der Waals surface area contributed by atoms with Gasteiger partial charge < -0.3 is 21.1 Å². The van der Waals surface area contributed by atoms with Gasteiger partial charge in [-0.3, -0.25) is 4.79 Å². The predicted molar refractivity (Wildman–Crippen MR) is 54.1 cm³/mol. The lowest BCUT2D eigenvalue weighted by Crippen LogP contribution is -2.32. The Kier molecular flexibility index (Phi) is 3.39. The van der Waals surface area contributed by atoms with Crippen LogP contribution in [0.1, 0.15) is 5.56 Å². The molecule has 0 aliphatic carbocycles. The number of carboxylic acids is 1. The van der Waals surface area contributed by atoms with E-state index in [2.05, 4.69) is 0 Å². The second-order valence-corrected chi connectivity index (χ2v) is 3.50. The second-order valence-electron chi connectivity index (χ2n) is 3.09. The minimum Gasteiger partial charge on any atom is -0.504 e. The standard InChI is InChI=1S/C9H10ClNO4/c10-5-1-4(2-6(11)9(14)15)3-7(12)8(5)13/h1,3,6,12-13H,2,11H2,(H,14,15). The Morgan fingerprint density at radius 3 is 2.53 bits per heavy atom. The predicted octanol–water partition coefficient (Wildman–Crippen LogP) is 0.706. The zero-order chi connectivity index (χ0) is 11.6. The van der Waals surface area contributed by atoms with Gasteiger partial charge in [-0.25, -0.2) is 0 Å². The van der Waals surface area contributed by atoms with E-state index in [1.165, 1.54) is 12.1 Å². The molecule has 0 amide bonds. The van der Waals surface area contributed by atoms with Crippen LogP contribution in [0.4, 0.5) is 0 Å². The van der Waals surface area contributed by atoms with E-state index in [0.29, 0.717) is 5.56 Å². The summed E-state index contributed by atoms with van der Waals surface area (Å²) >= 11 is 5.58. The molecule has 1 aromatic carbocycles. The molecule has 1 aromatic rings. The fourth-order valence-corrected chi connectivity index (χ4v) is 1.34. The quantitative estimate of drug-likeness (QED) is 0.574. The van der Waals surface area contributed by atoms with E-state index in [4.69, 9.17) is 27.5 Å². The maximum Gasteiger partial charge on any atom is 0.320 e. The lowest BCUT2D eigenvalue weighted by Gasteiger charge is -2.08. The molecule has 0 heterocycles. The van der Waals surface area contributed by atoms with Gasteiger partial charge in [-0.1, -0.05) is 11.6 Å². The van der Waals surface area contributed by atoms with Crippen molar-refractivity contribution in [3.05, 3.63) is 22.7 Å². The molecule has 0 saturated carbocycles. The number of halogens is 1. The van der Waals surface area contributed by atoms with Crippen molar-refractivity contribution in [2.45, 2.75) is 12.5 Å². The fourth-order valence-electron chi connectivity index (χ4n) is 1.10. The molecule has 15 heavy (non-hydrogen) atoms. The first-order chi connectivity index (χ1) is 6.91. The van der Waals surface area contributed by atoms with Crippen molar-refractivity contribution in [1.82, 2.24) is 0 Å². The number of carbonyl (C=O) groups is 1. The van der Waals surface area contributed by atoms with Crippen LogP contribution in [0.5, 0.6) is 11.5 Å². The molecule has 5 nitrogen and oxygen atoms in total. The Morgan fingerprint density at radius 2 is 2.07 bits per heavy atom. The van der Waals surface area contributed by atoms with Crippen LogP contribution in [-0.2, 0) is 11.2 Å². The Bertz CT molecular complexity index is 371. The van der Waals surface area contributed by atoms with E-state index in [0.717, 1.165) is 0 Å². The number of carboxylic acid groups (broad SMARTS) is 1. The van der Waals surface area contributed by atoms with Gasteiger partial charge in [0.25, 0.3) is 0 Å². The molecular weight excluding hydrogens is 222 g/mol. The van der Waals surface area contributed by atoms with Gasteiger partial charge in [-0.15, -0.1) is 0 Å². The van der Waals surface area contributed by atoms with Crippen molar-refractivity contribution in [2.75, 3.05) is 0 Å². The van der Waals surface area contributed by atoms with Crippen LogP contribution >= 0.6 is 11.6 Å². The highest BCUT2D eigenvalue weighted by molar-refractivity contribution is 6.32. The number of phenolic OH excluding ortho intramolecular Hbond substituents is 2. The number of hydrogen-bond donors (Lipinski definition) is 4. The van der Waals surface area contributed by atoms with Crippen LogP contribution in [0, 0.1) is 0 Å². The molecule has 1 rings (SSSR count). The highest BCUT2D eigenvalue weighted by Gasteiger charge is 2.14. The highest BCUT2D eigenvalue weighted by atomic mass is 35.5. The van der Waals surface area contributed by atoms with Gasteiger partial charge in [0.2, 0.25) is 0 Å². The lowest BCUT2D eigenvalue weighted by molar-refractivity contribution is -0.138. The first kappa shape index (κ1) is 11.6. The summed E-state index contributed by atoms with van der Waals surface area (Å²) in [6.45, 7) is 0. The second kappa shape index (κ2) is 4.37. The Morgan fingerprint density at radius 1 is 1.47 bits per heavy atom. The molecule has 6 heteroatoms. The summed E-state index contributed by atoms with van der Waals surface area (Å²) < 4.78 is 0. The van der Waals surface area contributed by atoms with E-state index in [1.54, 1.807) is 0 Å². The Hall–Kier alpha value is -1.46. The van der Waals surface area contributed by atoms with Crippen LogP contribution in [0.3, 0.4) is 0 Å². The van der Waals surface area contributed by atoms with E-state index in [-0.39, 0.29) is 11.4 Å². The minimum atomic E-state index is -1.14. The highest BCUT2D eigenvalue weighted by Crippen LogP contribution is 2.34. The van der Waals surface area contributed by atoms with Gasteiger partial charge in [0.15, 0.2) is 11.5 Å². The van der Waals surface area contributed by atoms with E-state index in [1.807, 2.05) is 0 Å². The third-order valence-corrected chi connectivity index (χ3v) is 2.16. The van der Waals surface area contributed by atoms with Crippen molar-refractivity contribution in [2.24, 2.45) is 5.73 Å². The van der Waals surface area contributed by atoms with Crippen LogP contribution in [0.25, 0.3) is 0 Å². The molecule has 1 atom stereocenters. The third kappa shape index (κ3) is 2.74. The monoisotopic (exact) mass is 231 g/mol. The van der Waals surface area contributed by atoms with E-state index < -0.39 is 23.5 Å². The van der Waals surface area contributed by atoms with Gasteiger partial charge in [-0.05, 0) is 24.1 Å². The number of phenols is 2. The number of rotatable bonds is 3. The fraction of sp³-hybridized carbons (Fsp3) is 0.222.